The van der Waals surface area contributed by atoms with Gasteiger partial charge in [0.15, 0.2) is 0 Å². The molecule has 3 rings (SSSR count). The van der Waals surface area contributed by atoms with Crippen LogP contribution < -0.4 is 0 Å². The van der Waals surface area contributed by atoms with E-state index in [-0.39, 0.29) is 22.8 Å². The van der Waals surface area contributed by atoms with E-state index < -0.39 is 5.97 Å². The minimum Gasteiger partial charge on any atom is -0.478 e. The smallest absolute Gasteiger partial charge is 0.336 e. The average Bonchev–Trinajstić information content (AvgIpc) is 3.10. The Hall–Kier alpha value is -2.80. The van der Waals surface area contributed by atoms with Crippen LogP contribution >= 0.6 is 11.8 Å². The molecule has 0 bridgehead atoms. The third kappa shape index (κ3) is 3.62. The molecular weight excluding hydrogens is 388 g/mol. The Morgan fingerprint density at radius 3 is 2.55 bits per heavy atom. The van der Waals surface area contributed by atoms with Crippen molar-refractivity contribution in [1.29, 1.82) is 0 Å². The summed E-state index contributed by atoms with van der Waals surface area (Å²) in [5.41, 5.74) is 4.34. The molecule has 29 heavy (non-hydrogen) atoms. The molecule has 1 aromatic heterocycles. The lowest BCUT2D eigenvalue weighted by atomic mass is 10.1. The van der Waals surface area contributed by atoms with Gasteiger partial charge in [-0.15, -0.1) is 0 Å². The summed E-state index contributed by atoms with van der Waals surface area (Å²) >= 11 is 0.961. The van der Waals surface area contributed by atoms with Crippen LogP contribution in [0.5, 0.6) is 0 Å². The highest BCUT2D eigenvalue weighted by Gasteiger charge is 2.37. The highest BCUT2D eigenvalue weighted by molar-refractivity contribution is 8.18. The number of carbonyl (C=O) groups is 3. The monoisotopic (exact) mass is 412 g/mol. The van der Waals surface area contributed by atoms with Crippen LogP contribution in [0.1, 0.15) is 53.1 Å². The lowest BCUT2D eigenvalue weighted by Crippen LogP contribution is -2.36. The number of hydrogen-bond donors (Lipinski definition) is 1. The maximum absolute atomic E-state index is 12.7. The van der Waals surface area contributed by atoms with Crippen LogP contribution in [0.4, 0.5) is 4.79 Å². The molecule has 1 aliphatic rings. The molecule has 6 nitrogen and oxygen atoms in total. The number of benzene rings is 1. The van der Waals surface area contributed by atoms with Crippen molar-refractivity contribution in [3.63, 3.8) is 0 Å². The van der Waals surface area contributed by atoms with Crippen LogP contribution in [0.2, 0.25) is 0 Å². The van der Waals surface area contributed by atoms with Gasteiger partial charge >= 0.3 is 5.97 Å². The molecule has 0 unspecified atom stereocenters. The molecule has 2 heterocycles. The van der Waals surface area contributed by atoms with E-state index >= 15 is 0 Å². The van der Waals surface area contributed by atoms with Crippen molar-refractivity contribution < 1.29 is 19.5 Å². The van der Waals surface area contributed by atoms with E-state index in [1.54, 1.807) is 25.1 Å². The quantitative estimate of drug-likeness (QED) is 0.704. The minimum absolute atomic E-state index is 0.137. The van der Waals surface area contributed by atoms with E-state index in [1.807, 2.05) is 44.4 Å². The summed E-state index contributed by atoms with van der Waals surface area (Å²) in [6, 6.07) is 6.99. The van der Waals surface area contributed by atoms with Gasteiger partial charge in [-0.05, 0) is 81.3 Å². The molecule has 1 atom stereocenters. The second-order valence-corrected chi connectivity index (χ2v) is 8.22. The molecule has 1 N–H and O–H groups in total. The van der Waals surface area contributed by atoms with Crippen LogP contribution in [0.3, 0.4) is 0 Å². The Morgan fingerprint density at radius 2 is 1.93 bits per heavy atom. The number of rotatable bonds is 5. The van der Waals surface area contributed by atoms with Crippen LogP contribution in [0.25, 0.3) is 11.8 Å². The number of carbonyl (C=O) groups excluding carboxylic acids is 2. The van der Waals surface area contributed by atoms with E-state index in [1.165, 1.54) is 4.90 Å². The van der Waals surface area contributed by atoms with Gasteiger partial charge < -0.3 is 9.67 Å². The van der Waals surface area contributed by atoms with Crippen LogP contribution in [0, 0.1) is 20.8 Å². The number of aryl methyl sites for hydroxylation is 1. The minimum atomic E-state index is -0.967. The molecule has 1 fully saturated rings. The first-order chi connectivity index (χ1) is 13.7. The molecule has 2 aromatic rings. The summed E-state index contributed by atoms with van der Waals surface area (Å²) in [4.78, 5) is 38.2. The van der Waals surface area contributed by atoms with Crippen molar-refractivity contribution in [2.24, 2.45) is 0 Å². The van der Waals surface area contributed by atoms with Crippen molar-refractivity contribution in [3.8, 4) is 5.69 Å². The van der Waals surface area contributed by atoms with Gasteiger partial charge in [-0.1, -0.05) is 13.0 Å². The van der Waals surface area contributed by atoms with Gasteiger partial charge in [-0.3, -0.25) is 14.5 Å². The normalized spacial score (nSPS) is 16.7. The van der Waals surface area contributed by atoms with E-state index in [4.69, 9.17) is 0 Å². The van der Waals surface area contributed by atoms with Crippen molar-refractivity contribution in [1.82, 2.24) is 9.47 Å². The van der Waals surface area contributed by atoms with Crippen molar-refractivity contribution in [2.45, 2.75) is 47.1 Å². The van der Waals surface area contributed by atoms with E-state index in [9.17, 15) is 19.5 Å². The van der Waals surface area contributed by atoms with Crippen LogP contribution in [0.15, 0.2) is 29.2 Å². The standard InChI is InChI=1S/C22H24N2O4S/c1-6-12(2)24-20(25)19(29-22(24)28)11-16-10-13(3)23(15(16)5)18-9-7-8-17(14(18)4)21(26)27/h7-12H,6H2,1-5H3,(H,26,27)/b19-11+/t12-/m1/s1. The number of thioether (sulfide) groups is 1. The third-order valence-electron chi connectivity index (χ3n) is 5.39. The summed E-state index contributed by atoms with van der Waals surface area (Å²) in [6.07, 6.45) is 2.46. The second kappa shape index (κ2) is 7.91. The van der Waals surface area contributed by atoms with Gasteiger partial charge in [0.2, 0.25) is 0 Å². The van der Waals surface area contributed by atoms with Gasteiger partial charge in [0.1, 0.15) is 0 Å². The Labute approximate surface area is 174 Å². The Kier molecular flexibility index (Phi) is 5.71. The molecule has 0 radical (unpaired) electrons. The second-order valence-electron chi connectivity index (χ2n) is 7.23. The Bertz CT molecular complexity index is 1050. The molecule has 1 aliphatic heterocycles. The first-order valence-corrected chi connectivity index (χ1v) is 10.3. The number of amides is 2. The molecule has 7 heteroatoms. The highest BCUT2D eigenvalue weighted by Crippen LogP contribution is 2.35. The van der Waals surface area contributed by atoms with E-state index in [0.29, 0.717) is 16.9 Å². The third-order valence-corrected chi connectivity index (χ3v) is 6.27. The van der Waals surface area contributed by atoms with Crippen molar-refractivity contribution >= 4 is 35.0 Å². The molecule has 152 valence electrons. The fourth-order valence-corrected chi connectivity index (χ4v) is 4.51. The zero-order chi connectivity index (χ0) is 21.5. The fourth-order valence-electron chi connectivity index (χ4n) is 3.59. The molecular formula is C22H24N2O4S. The number of imide groups is 1. The summed E-state index contributed by atoms with van der Waals surface area (Å²) < 4.78 is 1.98. The largest absolute Gasteiger partial charge is 0.478 e. The maximum Gasteiger partial charge on any atom is 0.336 e. The van der Waals surface area contributed by atoms with E-state index in [0.717, 1.165) is 34.4 Å². The van der Waals surface area contributed by atoms with Gasteiger partial charge in [-0.2, -0.15) is 0 Å². The van der Waals surface area contributed by atoms with Gasteiger partial charge in [0.25, 0.3) is 11.1 Å². The van der Waals surface area contributed by atoms with Crippen LogP contribution in [-0.4, -0.2) is 37.7 Å². The summed E-state index contributed by atoms with van der Waals surface area (Å²) in [7, 11) is 0. The predicted molar refractivity (Wildman–Crippen MR) is 115 cm³/mol. The number of aromatic carboxylic acids is 1. The van der Waals surface area contributed by atoms with Gasteiger partial charge in [0, 0.05) is 23.1 Å². The molecule has 2 amide bonds. The van der Waals surface area contributed by atoms with Gasteiger partial charge in [-0.25, -0.2) is 4.79 Å². The summed E-state index contributed by atoms with van der Waals surface area (Å²) in [5, 5.41) is 9.18. The highest BCUT2D eigenvalue weighted by atomic mass is 32.2. The SMILES string of the molecule is CC[C@@H](C)N1C(=O)S/C(=C/c2cc(C)n(-c3cccc(C(=O)O)c3C)c2C)C1=O. The zero-order valence-electron chi connectivity index (χ0n) is 17.1. The predicted octanol–water partition coefficient (Wildman–Crippen LogP) is 4.94. The van der Waals surface area contributed by atoms with Crippen LogP contribution in [-0.2, 0) is 4.79 Å². The topological polar surface area (TPSA) is 79.6 Å². The number of aromatic nitrogens is 1. The van der Waals surface area contributed by atoms with Gasteiger partial charge in [0.05, 0.1) is 10.5 Å². The first-order valence-electron chi connectivity index (χ1n) is 9.46. The fraction of sp³-hybridized carbons (Fsp3) is 0.318. The maximum atomic E-state index is 12.7. The number of nitrogens with zero attached hydrogens (tertiary/aromatic N) is 2. The summed E-state index contributed by atoms with van der Waals surface area (Å²) in [5.74, 6) is -1.23. The Morgan fingerprint density at radius 1 is 1.24 bits per heavy atom. The average molecular weight is 413 g/mol. The molecule has 1 saturated heterocycles. The number of hydrogen-bond acceptors (Lipinski definition) is 4. The summed E-state index contributed by atoms with van der Waals surface area (Å²) in [6.45, 7) is 9.45. The molecule has 0 spiro atoms. The molecule has 1 aromatic carbocycles. The number of carboxylic acid groups (broad SMARTS) is 1. The lowest BCUT2D eigenvalue weighted by Gasteiger charge is -2.19. The molecule has 0 saturated carbocycles. The Balaban J connectivity index is 2.05. The van der Waals surface area contributed by atoms with Crippen molar-refractivity contribution in [2.75, 3.05) is 0 Å². The van der Waals surface area contributed by atoms with Crippen molar-refractivity contribution in [3.05, 3.63) is 57.2 Å². The van der Waals surface area contributed by atoms with E-state index in [2.05, 4.69) is 0 Å². The zero-order valence-corrected chi connectivity index (χ0v) is 18.0. The first kappa shape index (κ1) is 20.9. The molecule has 0 aliphatic carbocycles. The lowest BCUT2D eigenvalue weighted by molar-refractivity contribution is -0.124. The number of carboxylic acids is 1.